The third-order valence-corrected chi connectivity index (χ3v) is 3.35. The van der Waals surface area contributed by atoms with Gasteiger partial charge < -0.3 is 20.1 Å². The lowest BCUT2D eigenvalue weighted by Gasteiger charge is -2.34. The molecule has 1 fully saturated rings. The van der Waals surface area contributed by atoms with E-state index in [1.165, 1.54) is 13.2 Å². The van der Waals surface area contributed by atoms with E-state index < -0.39 is 0 Å². The number of hydrogen-bond donors (Lipinski definition) is 1. The summed E-state index contributed by atoms with van der Waals surface area (Å²) in [5.41, 5.74) is 6.52. The van der Waals surface area contributed by atoms with Crippen molar-refractivity contribution in [3.8, 4) is 5.75 Å². The number of methoxy groups -OCH3 is 2. The molecule has 1 aromatic carbocycles. The fourth-order valence-corrected chi connectivity index (χ4v) is 2.33. The van der Waals surface area contributed by atoms with Crippen LogP contribution in [-0.2, 0) is 4.74 Å². The zero-order valence-electron chi connectivity index (χ0n) is 10.8. The third kappa shape index (κ3) is 2.51. The number of anilines is 2. The van der Waals surface area contributed by atoms with Gasteiger partial charge in [-0.25, -0.2) is 4.39 Å². The number of nitrogens with zero attached hydrogens (tertiary/aromatic N) is 1. The van der Waals surface area contributed by atoms with Crippen LogP contribution in [0.25, 0.3) is 0 Å². The Morgan fingerprint density at radius 3 is 2.83 bits per heavy atom. The predicted octanol–water partition coefficient (Wildman–Crippen LogP) is 2.03. The molecule has 0 spiro atoms. The van der Waals surface area contributed by atoms with Crippen LogP contribution in [0, 0.1) is 5.82 Å². The molecule has 0 aliphatic carbocycles. The second-order valence-electron chi connectivity index (χ2n) is 4.49. The van der Waals surface area contributed by atoms with Crippen LogP contribution >= 0.6 is 0 Å². The summed E-state index contributed by atoms with van der Waals surface area (Å²) in [7, 11) is 3.22. The lowest BCUT2D eigenvalue weighted by atomic mass is 10.1. The molecule has 0 bridgehead atoms. The highest BCUT2D eigenvalue weighted by molar-refractivity contribution is 5.63. The van der Waals surface area contributed by atoms with Crippen molar-refractivity contribution >= 4 is 11.4 Å². The normalized spacial score (nSPS) is 19.9. The van der Waals surface area contributed by atoms with Crippen LogP contribution in [0.1, 0.15) is 12.8 Å². The van der Waals surface area contributed by atoms with Crippen LogP contribution < -0.4 is 15.4 Å². The summed E-state index contributed by atoms with van der Waals surface area (Å²) in [6, 6.07) is 2.97. The summed E-state index contributed by atoms with van der Waals surface area (Å²) in [5, 5.41) is 0. The number of halogens is 1. The Bertz CT molecular complexity index is 426. The van der Waals surface area contributed by atoms with Crippen LogP contribution in [0.4, 0.5) is 15.8 Å². The molecular formula is C13H19FN2O2. The van der Waals surface area contributed by atoms with Gasteiger partial charge in [-0.15, -0.1) is 0 Å². The van der Waals surface area contributed by atoms with Gasteiger partial charge in [0.2, 0.25) is 0 Å². The first-order valence-corrected chi connectivity index (χ1v) is 6.06. The quantitative estimate of drug-likeness (QED) is 0.838. The van der Waals surface area contributed by atoms with Crippen LogP contribution in [0.2, 0.25) is 0 Å². The molecular weight excluding hydrogens is 235 g/mol. The van der Waals surface area contributed by atoms with Gasteiger partial charge in [0.1, 0.15) is 11.6 Å². The Morgan fingerprint density at radius 2 is 2.17 bits per heavy atom. The molecule has 100 valence electrons. The molecule has 0 radical (unpaired) electrons. The van der Waals surface area contributed by atoms with Crippen LogP contribution in [0.3, 0.4) is 0 Å². The van der Waals surface area contributed by atoms with Gasteiger partial charge in [0.05, 0.1) is 24.6 Å². The summed E-state index contributed by atoms with van der Waals surface area (Å²) in [4.78, 5) is 1.98. The maximum Gasteiger partial charge on any atom is 0.148 e. The highest BCUT2D eigenvalue weighted by atomic mass is 19.1. The molecule has 0 aromatic heterocycles. The highest BCUT2D eigenvalue weighted by Crippen LogP contribution is 2.32. The fourth-order valence-electron chi connectivity index (χ4n) is 2.33. The van der Waals surface area contributed by atoms with Crippen LogP contribution in [0.15, 0.2) is 12.1 Å². The summed E-state index contributed by atoms with van der Waals surface area (Å²) in [6.07, 6.45) is 2.16. The maximum atomic E-state index is 14.0. The number of nitrogens with two attached hydrogens (primary N) is 1. The van der Waals surface area contributed by atoms with E-state index in [2.05, 4.69) is 0 Å². The SMILES string of the molecule is COc1cc(N2CCCC(OC)C2)c(F)cc1N. The second-order valence-corrected chi connectivity index (χ2v) is 4.49. The van der Waals surface area contributed by atoms with Crippen LogP contribution in [-0.4, -0.2) is 33.4 Å². The minimum atomic E-state index is -0.315. The van der Waals surface area contributed by atoms with E-state index in [4.69, 9.17) is 15.2 Å². The number of ether oxygens (including phenoxy) is 2. The molecule has 1 heterocycles. The van der Waals surface area contributed by atoms with E-state index in [0.717, 1.165) is 19.4 Å². The molecule has 18 heavy (non-hydrogen) atoms. The van der Waals surface area contributed by atoms with Gasteiger partial charge in [0.15, 0.2) is 0 Å². The molecule has 2 rings (SSSR count). The van der Waals surface area contributed by atoms with Gasteiger partial charge in [-0.1, -0.05) is 0 Å². The number of hydrogen-bond acceptors (Lipinski definition) is 4. The molecule has 1 aliphatic rings. The van der Waals surface area contributed by atoms with Crippen molar-refractivity contribution in [1.82, 2.24) is 0 Å². The van der Waals surface area contributed by atoms with Crippen molar-refractivity contribution in [2.45, 2.75) is 18.9 Å². The Balaban J connectivity index is 2.26. The van der Waals surface area contributed by atoms with Crippen molar-refractivity contribution in [3.05, 3.63) is 17.9 Å². The van der Waals surface area contributed by atoms with Crippen molar-refractivity contribution in [2.75, 3.05) is 37.9 Å². The first kappa shape index (κ1) is 13.0. The summed E-state index contributed by atoms with van der Waals surface area (Å²) in [5.74, 6) is 0.191. The predicted molar refractivity (Wildman–Crippen MR) is 69.6 cm³/mol. The van der Waals surface area contributed by atoms with Gasteiger partial charge in [-0.2, -0.15) is 0 Å². The molecule has 0 saturated carbocycles. The van der Waals surface area contributed by atoms with Gasteiger partial charge in [0.25, 0.3) is 0 Å². The number of benzene rings is 1. The fraction of sp³-hybridized carbons (Fsp3) is 0.538. The van der Waals surface area contributed by atoms with E-state index in [9.17, 15) is 4.39 Å². The van der Waals surface area contributed by atoms with Crippen molar-refractivity contribution < 1.29 is 13.9 Å². The molecule has 1 atom stereocenters. The summed E-state index contributed by atoms with van der Waals surface area (Å²) < 4.78 is 24.4. The molecule has 1 saturated heterocycles. The first-order chi connectivity index (χ1) is 8.65. The van der Waals surface area contributed by atoms with Gasteiger partial charge in [-0.3, -0.25) is 0 Å². The minimum Gasteiger partial charge on any atom is -0.495 e. The number of nitrogen functional groups attached to an aromatic ring is 1. The van der Waals surface area contributed by atoms with Crippen LogP contribution in [0.5, 0.6) is 5.75 Å². The van der Waals surface area contributed by atoms with Gasteiger partial charge in [0, 0.05) is 32.3 Å². The Kier molecular flexibility index (Phi) is 3.91. The molecule has 1 unspecified atom stereocenters. The minimum absolute atomic E-state index is 0.154. The smallest absolute Gasteiger partial charge is 0.148 e. The van der Waals surface area contributed by atoms with E-state index >= 15 is 0 Å². The number of piperidine rings is 1. The average Bonchev–Trinajstić information content (AvgIpc) is 2.39. The monoisotopic (exact) mass is 254 g/mol. The van der Waals surface area contributed by atoms with Crippen molar-refractivity contribution in [1.29, 1.82) is 0 Å². The molecule has 4 nitrogen and oxygen atoms in total. The summed E-state index contributed by atoms with van der Waals surface area (Å²) >= 11 is 0. The third-order valence-electron chi connectivity index (χ3n) is 3.35. The molecule has 1 aliphatic heterocycles. The lowest BCUT2D eigenvalue weighted by Crippen LogP contribution is -2.39. The molecule has 0 amide bonds. The van der Waals surface area contributed by atoms with E-state index in [1.54, 1.807) is 13.2 Å². The molecule has 2 N–H and O–H groups in total. The van der Waals surface area contributed by atoms with Crippen molar-refractivity contribution in [2.24, 2.45) is 0 Å². The van der Waals surface area contributed by atoms with Gasteiger partial charge in [-0.05, 0) is 12.8 Å². The summed E-state index contributed by atoms with van der Waals surface area (Å²) in [6.45, 7) is 1.52. The standard InChI is InChI=1S/C13H19FN2O2/c1-17-9-4-3-5-16(8-9)12-7-13(18-2)11(15)6-10(12)14/h6-7,9H,3-5,8,15H2,1-2H3. The van der Waals surface area contributed by atoms with E-state index in [1.807, 2.05) is 4.90 Å². The number of rotatable bonds is 3. The van der Waals surface area contributed by atoms with Gasteiger partial charge >= 0.3 is 0 Å². The Morgan fingerprint density at radius 1 is 1.39 bits per heavy atom. The first-order valence-electron chi connectivity index (χ1n) is 6.06. The molecule has 5 heteroatoms. The highest BCUT2D eigenvalue weighted by Gasteiger charge is 2.22. The Labute approximate surface area is 106 Å². The van der Waals surface area contributed by atoms with Crippen molar-refractivity contribution in [3.63, 3.8) is 0 Å². The Hall–Kier alpha value is -1.49. The molecule has 1 aromatic rings. The second kappa shape index (κ2) is 5.44. The average molecular weight is 254 g/mol. The largest absolute Gasteiger partial charge is 0.495 e. The maximum absolute atomic E-state index is 14.0. The zero-order valence-corrected chi connectivity index (χ0v) is 10.8. The zero-order chi connectivity index (χ0) is 13.1. The van der Waals surface area contributed by atoms with E-state index in [-0.39, 0.29) is 11.9 Å². The topological polar surface area (TPSA) is 47.7 Å². The van der Waals surface area contributed by atoms with E-state index in [0.29, 0.717) is 23.7 Å². The lowest BCUT2D eigenvalue weighted by molar-refractivity contribution is 0.0891.